The number of hydrogen-bond acceptors (Lipinski definition) is 7. The van der Waals surface area contributed by atoms with Gasteiger partial charge in [0.2, 0.25) is 15.8 Å². The van der Waals surface area contributed by atoms with E-state index in [1.165, 1.54) is 10.5 Å². The minimum absolute atomic E-state index is 0.0334. The van der Waals surface area contributed by atoms with Gasteiger partial charge in [0.05, 0.1) is 24.2 Å². The van der Waals surface area contributed by atoms with Crippen LogP contribution in [0.5, 0.6) is 5.75 Å². The first-order chi connectivity index (χ1) is 17.3. The standard InChI is InChI=1S/C24H26F2N4O5S/c25-19-13-20(26)15-21(14-19)30-24(32)23(35-12-4-11-31)22(16-27-30)28-7-9-29(10-8-28)36(33,34)17-18-5-2-1-3-6-18/h1-3,5-6,13-16,31H,4,7-12,17H2. The molecule has 1 aromatic heterocycles. The molecule has 3 aromatic rings. The molecule has 2 aromatic carbocycles. The Morgan fingerprint density at radius 1 is 1.00 bits per heavy atom. The first-order valence-electron chi connectivity index (χ1n) is 11.4. The minimum Gasteiger partial charge on any atom is -0.486 e. The van der Waals surface area contributed by atoms with Gasteiger partial charge in [0.25, 0.3) is 0 Å². The van der Waals surface area contributed by atoms with Crippen molar-refractivity contribution in [3.05, 3.63) is 82.3 Å². The van der Waals surface area contributed by atoms with Crippen LogP contribution in [0.3, 0.4) is 0 Å². The van der Waals surface area contributed by atoms with E-state index in [1.807, 2.05) is 6.07 Å². The van der Waals surface area contributed by atoms with Gasteiger partial charge in [-0.05, 0) is 17.7 Å². The normalized spacial score (nSPS) is 14.7. The van der Waals surface area contributed by atoms with Crippen LogP contribution in [-0.4, -0.2) is 67.0 Å². The zero-order valence-electron chi connectivity index (χ0n) is 19.4. The van der Waals surface area contributed by atoms with Crippen LogP contribution >= 0.6 is 0 Å². The van der Waals surface area contributed by atoms with Crippen molar-refractivity contribution in [3.8, 4) is 11.4 Å². The number of aliphatic hydroxyl groups excluding tert-OH is 1. The van der Waals surface area contributed by atoms with Gasteiger partial charge < -0.3 is 14.7 Å². The molecule has 9 nitrogen and oxygen atoms in total. The second kappa shape index (κ2) is 11.1. The lowest BCUT2D eigenvalue weighted by atomic mass is 10.2. The zero-order valence-corrected chi connectivity index (χ0v) is 20.2. The van der Waals surface area contributed by atoms with Crippen molar-refractivity contribution >= 4 is 15.7 Å². The first-order valence-corrected chi connectivity index (χ1v) is 13.0. The molecule has 0 aliphatic carbocycles. The van der Waals surface area contributed by atoms with E-state index in [9.17, 15) is 22.0 Å². The SMILES string of the molecule is O=c1c(OCCCO)c(N2CCN(S(=O)(=O)Cc3ccccc3)CC2)cnn1-c1cc(F)cc(F)c1. The van der Waals surface area contributed by atoms with E-state index in [1.54, 1.807) is 29.2 Å². The fraction of sp³-hybridized carbons (Fsp3) is 0.333. The number of halogens is 2. The average molecular weight is 521 g/mol. The predicted octanol–water partition coefficient (Wildman–Crippen LogP) is 1.92. The topological polar surface area (TPSA) is 105 Å². The fourth-order valence-electron chi connectivity index (χ4n) is 3.96. The van der Waals surface area contributed by atoms with Crippen LogP contribution in [0, 0.1) is 11.6 Å². The number of anilines is 1. The van der Waals surface area contributed by atoms with E-state index in [0.717, 1.165) is 16.8 Å². The van der Waals surface area contributed by atoms with Gasteiger partial charge in [-0.25, -0.2) is 17.2 Å². The van der Waals surface area contributed by atoms with Gasteiger partial charge >= 0.3 is 5.56 Å². The van der Waals surface area contributed by atoms with Crippen LogP contribution in [0.4, 0.5) is 14.5 Å². The summed E-state index contributed by atoms with van der Waals surface area (Å²) >= 11 is 0. The molecule has 4 rings (SSSR count). The highest BCUT2D eigenvalue weighted by atomic mass is 32.2. The summed E-state index contributed by atoms with van der Waals surface area (Å²) in [5.41, 5.74) is 0.203. The van der Waals surface area contributed by atoms with Crippen molar-refractivity contribution in [3.63, 3.8) is 0 Å². The number of rotatable bonds is 9. The van der Waals surface area contributed by atoms with E-state index >= 15 is 0 Å². The molecule has 0 atom stereocenters. The van der Waals surface area contributed by atoms with Gasteiger partial charge in [0, 0.05) is 45.3 Å². The molecule has 2 heterocycles. The van der Waals surface area contributed by atoms with Crippen molar-refractivity contribution in [1.29, 1.82) is 0 Å². The maximum absolute atomic E-state index is 13.7. The Labute approximate surface area is 207 Å². The molecule has 1 aliphatic heterocycles. The number of ether oxygens (including phenoxy) is 1. The molecular weight excluding hydrogens is 494 g/mol. The molecule has 1 aliphatic rings. The van der Waals surface area contributed by atoms with Gasteiger partial charge in [-0.15, -0.1) is 0 Å². The molecule has 1 N–H and O–H groups in total. The Balaban J connectivity index is 1.57. The van der Waals surface area contributed by atoms with E-state index in [0.29, 0.717) is 17.3 Å². The fourth-order valence-corrected chi connectivity index (χ4v) is 5.47. The van der Waals surface area contributed by atoms with E-state index in [-0.39, 0.29) is 63.0 Å². The highest BCUT2D eigenvalue weighted by molar-refractivity contribution is 7.88. The molecule has 0 radical (unpaired) electrons. The van der Waals surface area contributed by atoms with Gasteiger partial charge in [0.1, 0.15) is 17.3 Å². The highest BCUT2D eigenvalue weighted by Crippen LogP contribution is 2.27. The number of hydrogen-bond donors (Lipinski definition) is 1. The third-order valence-corrected chi connectivity index (χ3v) is 7.57. The van der Waals surface area contributed by atoms with Crippen molar-refractivity contribution in [2.24, 2.45) is 0 Å². The van der Waals surface area contributed by atoms with Crippen molar-refractivity contribution in [2.75, 3.05) is 44.3 Å². The van der Waals surface area contributed by atoms with Crippen molar-refractivity contribution in [1.82, 2.24) is 14.1 Å². The summed E-state index contributed by atoms with van der Waals surface area (Å²) in [6.07, 6.45) is 1.62. The van der Waals surface area contributed by atoms with Crippen LogP contribution in [0.1, 0.15) is 12.0 Å². The van der Waals surface area contributed by atoms with E-state index in [2.05, 4.69) is 5.10 Å². The smallest absolute Gasteiger partial charge is 0.316 e. The lowest BCUT2D eigenvalue weighted by molar-refractivity contribution is 0.231. The molecule has 36 heavy (non-hydrogen) atoms. The lowest BCUT2D eigenvalue weighted by Gasteiger charge is -2.35. The molecule has 0 bridgehead atoms. The summed E-state index contributed by atoms with van der Waals surface area (Å²) in [6, 6.07) is 11.6. The summed E-state index contributed by atoms with van der Waals surface area (Å²) in [5.74, 6) is -1.93. The Morgan fingerprint density at radius 3 is 2.31 bits per heavy atom. The Morgan fingerprint density at radius 2 is 1.67 bits per heavy atom. The van der Waals surface area contributed by atoms with Gasteiger partial charge in [-0.1, -0.05) is 30.3 Å². The van der Waals surface area contributed by atoms with Gasteiger partial charge in [-0.2, -0.15) is 14.1 Å². The van der Waals surface area contributed by atoms with Gasteiger partial charge in [0.15, 0.2) is 0 Å². The van der Waals surface area contributed by atoms with Crippen molar-refractivity contribution in [2.45, 2.75) is 12.2 Å². The molecule has 1 saturated heterocycles. The van der Waals surface area contributed by atoms with Crippen molar-refractivity contribution < 1.29 is 27.0 Å². The summed E-state index contributed by atoms with van der Waals surface area (Å²) in [6.45, 7) is 0.842. The number of piperazine rings is 1. The molecule has 1 fully saturated rings. The number of benzene rings is 2. The predicted molar refractivity (Wildman–Crippen MR) is 130 cm³/mol. The van der Waals surface area contributed by atoms with Crippen LogP contribution in [0.25, 0.3) is 5.69 Å². The Bertz CT molecular complexity index is 1340. The first kappa shape index (κ1) is 25.7. The molecule has 0 spiro atoms. The zero-order chi connectivity index (χ0) is 25.7. The maximum atomic E-state index is 13.7. The molecule has 192 valence electrons. The summed E-state index contributed by atoms with van der Waals surface area (Å²) in [5, 5.41) is 13.2. The van der Waals surface area contributed by atoms with Crippen LogP contribution in [0.15, 0.2) is 59.5 Å². The number of aliphatic hydroxyl groups is 1. The monoisotopic (exact) mass is 520 g/mol. The Kier molecular flexibility index (Phi) is 7.97. The maximum Gasteiger partial charge on any atom is 0.316 e. The van der Waals surface area contributed by atoms with E-state index < -0.39 is 27.2 Å². The van der Waals surface area contributed by atoms with Crippen LogP contribution < -0.4 is 15.2 Å². The number of aromatic nitrogens is 2. The van der Waals surface area contributed by atoms with E-state index in [4.69, 9.17) is 9.84 Å². The highest BCUT2D eigenvalue weighted by Gasteiger charge is 2.29. The minimum atomic E-state index is -3.53. The summed E-state index contributed by atoms with van der Waals surface area (Å²) < 4.78 is 61.1. The lowest BCUT2D eigenvalue weighted by Crippen LogP contribution is -2.49. The largest absolute Gasteiger partial charge is 0.486 e. The molecular formula is C24H26F2N4O5S. The molecule has 12 heteroatoms. The third-order valence-electron chi connectivity index (χ3n) is 5.72. The van der Waals surface area contributed by atoms with Gasteiger partial charge in [-0.3, -0.25) is 4.79 Å². The molecule has 0 saturated carbocycles. The molecule has 0 amide bonds. The third kappa shape index (κ3) is 5.89. The second-order valence-electron chi connectivity index (χ2n) is 8.26. The second-order valence-corrected chi connectivity index (χ2v) is 10.2. The number of nitrogens with zero attached hydrogens (tertiary/aromatic N) is 4. The van der Waals surface area contributed by atoms with Crippen LogP contribution in [-0.2, 0) is 15.8 Å². The molecule has 0 unspecified atom stereocenters. The summed E-state index contributed by atoms with van der Waals surface area (Å²) in [4.78, 5) is 15.0. The summed E-state index contributed by atoms with van der Waals surface area (Å²) in [7, 11) is -3.53. The Hall–Kier alpha value is -3.35. The number of sulfonamides is 1. The quantitative estimate of drug-likeness (QED) is 0.430. The average Bonchev–Trinajstić information content (AvgIpc) is 2.85. The van der Waals surface area contributed by atoms with Crippen LogP contribution in [0.2, 0.25) is 0 Å².